The Hall–Kier alpha value is -1.02. The Labute approximate surface area is 181 Å². The molecule has 0 aliphatic carbocycles. The summed E-state index contributed by atoms with van der Waals surface area (Å²) in [5, 5.41) is 0. The second-order valence-electron chi connectivity index (χ2n) is 8.57. The summed E-state index contributed by atoms with van der Waals surface area (Å²) in [5.41, 5.74) is 1.31. The maximum absolute atomic E-state index is 6.51. The minimum Gasteiger partial charge on any atom is -0.487 e. The lowest BCUT2D eigenvalue weighted by atomic mass is 9.93. The maximum atomic E-state index is 6.51. The molecular weight excluding hydrogens is 356 g/mol. The zero-order valence-corrected chi connectivity index (χ0v) is 20.1. The predicted octanol–water partition coefficient (Wildman–Crippen LogP) is 8.51. The smallest absolute Gasteiger partial charge is 0.120 e. The summed E-state index contributed by atoms with van der Waals surface area (Å²) in [5.74, 6) is 1.000. The van der Waals surface area contributed by atoms with E-state index in [4.69, 9.17) is 9.47 Å². The monoisotopic (exact) mass is 404 g/mol. The molecule has 0 spiro atoms. The van der Waals surface area contributed by atoms with Gasteiger partial charge in [-0.15, -0.1) is 0 Å². The molecule has 0 aliphatic heterocycles. The average Bonchev–Trinajstić information content (AvgIpc) is 2.76. The highest BCUT2D eigenvalue weighted by Gasteiger charge is 2.28. The molecule has 0 radical (unpaired) electrons. The van der Waals surface area contributed by atoms with Gasteiger partial charge < -0.3 is 9.47 Å². The van der Waals surface area contributed by atoms with Gasteiger partial charge in [-0.2, -0.15) is 0 Å². The van der Waals surface area contributed by atoms with Gasteiger partial charge in [-0.1, -0.05) is 85.3 Å². The van der Waals surface area contributed by atoms with E-state index in [1.165, 1.54) is 56.9 Å². The lowest BCUT2D eigenvalue weighted by molar-refractivity contribution is -0.0123. The number of benzene rings is 1. The maximum Gasteiger partial charge on any atom is 0.120 e. The van der Waals surface area contributed by atoms with Crippen molar-refractivity contribution in [1.82, 2.24) is 0 Å². The third-order valence-corrected chi connectivity index (χ3v) is 6.44. The van der Waals surface area contributed by atoms with Crippen LogP contribution >= 0.6 is 0 Å². The van der Waals surface area contributed by atoms with Crippen LogP contribution in [0.5, 0.6) is 5.75 Å². The van der Waals surface area contributed by atoms with Crippen LogP contribution in [0.4, 0.5) is 0 Å². The number of hydrogen-bond donors (Lipinski definition) is 0. The molecule has 1 aromatic rings. The molecule has 0 saturated heterocycles. The Morgan fingerprint density at radius 1 is 0.759 bits per heavy atom. The molecule has 0 saturated carbocycles. The van der Waals surface area contributed by atoms with Crippen LogP contribution in [0.25, 0.3) is 0 Å². The summed E-state index contributed by atoms with van der Waals surface area (Å²) in [6, 6.07) is 8.84. The third-order valence-electron chi connectivity index (χ3n) is 6.44. The summed E-state index contributed by atoms with van der Waals surface area (Å²) in [6.45, 7) is 11.9. The molecule has 1 aromatic carbocycles. The van der Waals surface area contributed by atoms with E-state index < -0.39 is 0 Å². The standard InChI is InChI=1S/C27H48O2/c1-6-11-12-13-14-15-16-17-24-18-20-26(21-19-24)29-27(9-4,10-5)22-23-28-25(7-2)8-3/h18-21,25H,6-17,22-23H2,1-5H3. The Morgan fingerprint density at radius 3 is 1.90 bits per heavy atom. The first kappa shape index (κ1) is 26.0. The fourth-order valence-corrected chi connectivity index (χ4v) is 4.00. The Kier molecular flexibility index (Phi) is 14.1. The normalized spacial score (nSPS) is 11.9. The molecule has 29 heavy (non-hydrogen) atoms. The first-order valence-electron chi connectivity index (χ1n) is 12.5. The average molecular weight is 405 g/mol. The van der Waals surface area contributed by atoms with E-state index in [0.29, 0.717) is 6.10 Å². The van der Waals surface area contributed by atoms with Crippen molar-refractivity contribution in [2.75, 3.05) is 6.61 Å². The number of hydrogen-bond acceptors (Lipinski definition) is 2. The van der Waals surface area contributed by atoms with E-state index in [2.05, 4.69) is 58.9 Å². The van der Waals surface area contributed by atoms with Gasteiger partial charge in [0.25, 0.3) is 0 Å². The van der Waals surface area contributed by atoms with Gasteiger partial charge in [0, 0.05) is 6.42 Å². The van der Waals surface area contributed by atoms with Crippen LogP contribution in [0.15, 0.2) is 24.3 Å². The van der Waals surface area contributed by atoms with E-state index in [1.807, 2.05) is 0 Å². The van der Waals surface area contributed by atoms with Gasteiger partial charge in [-0.3, -0.25) is 0 Å². The molecule has 0 bridgehead atoms. The highest BCUT2D eigenvalue weighted by molar-refractivity contribution is 5.28. The molecule has 0 atom stereocenters. The molecule has 0 N–H and O–H groups in total. The lowest BCUT2D eigenvalue weighted by Gasteiger charge is -2.33. The van der Waals surface area contributed by atoms with Gasteiger partial charge >= 0.3 is 0 Å². The summed E-state index contributed by atoms with van der Waals surface area (Å²) < 4.78 is 12.6. The quantitative estimate of drug-likeness (QED) is 0.228. The van der Waals surface area contributed by atoms with E-state index in [1.54, 1.807) is 0 Å². The van der Waals surface area contributed by atoms with Crippen molar-refractivity contribution in [3.63, 3.8) is 0 Å². The van der Waals surface area contributed by atoms with Crippen molar-refractivity contribution in [2.45, 2.75) is 130 Å². The van der Waals surface area contributed by atoms with Crippen LogP contribution in [0.3, 0.4) is 0 Å². The second-order valence-corrected chi connectivity index (χ2v) is 8.57. The van der Waals surface area contributed by atoms with E-state index in [0.717, 1.165) is 44.5 Å². The van der Waals surface area contributed by atoms with Crippen molar-refractivity contribution >= 4 is 0 Å². The predicted molar refractivity (Wildman–Crippen MR) is 127 cm³/mol. The molecule has 0 unspecified atom stereocenters. The van der Waals surface area contributed by atoms with E-state index in [9.17, 15) is 0 Å². The Bertz CT molecular complexity index is 486. The van der Waals surface area contributed by atoms with Crippen molar-refractivity contribution in [1.29, 1.82) is 0 Å². The number of ether oxygens (including phenoxy) is 2. The Balaban J connectivity index is 2.44. The third kappa shape index (κ3) is 10.5. The van der Waals surface area contributed by atoms with Crippen LogP contribution in [0.2, 0.25) is 0 Å². The van der Waals surface area contributed by atoms with Gasteiger partial charge in [0.15, 0.2) is 0 Å². The van der Waals surface area contributed by atoms with Gasteiger partial charge in [0.05, 0.1) is 12.7 Å². The number of unbranched alkanes of at least 4 members (excludes halogenated alkanes) is 6. The van der Waals surface area contributed by atoms with Crippen molar-refractivity contribution in [2.24, 2.45) is 0 Å². The topological polar surface area (TPSA) is 18.5 Å². The Morgan fingerprint density at radius 2 is 1.34 bits per heavy atom. The lowest BCUT2D eigenvalue weighted by Crippen LogP contribution is -2.36. The minimum absolute atomic E-state index is 0.119. The molecular formula is C27H48O2. The fourth-order valence-electron chi connectivity index (χ4n) is 4.00. The van der Waals surface area contributed by atoms with E-state index >= 15 is 0 Å². The summed E-state index contributed by atoms with van der Waals surface area (Å²) in [7, 11) is 0. The van der Waals surface area contributed by atoms with E-state index in [-0.39, 0.29) is 5.60 Å². The second kappa shape index (κ2) is 15.8. The van der Waals surface area contributed by atoms with Crippen molar-refractivity contribution in [3.8, 4) is 5.75 Å². The molecule has 0 fully saturated rings. The SMILES string of the molecule is CCCCCCCCCc1ccc(OC(CC)(CC)CCOC(CC)CC)cc1. The van der Waals surface area contributed by atoms with Gasteiger partial charge in [-0.05, 0) is 56.2 Å². The summed E-state index contributed by atoms with van der Waals surface area (Å²) >= 11 is 0. The fraction of sp³-hybridized carbons (Fsp3) is 0.778. The highest BCUT2D eigenvalue weighted by atomic mass is 16.5. The molecule has 2 heteroatoms. The first-order valence-corrected chi connectivity index (χ1v) is 12.5. The largest absolute Gasteiger partial charge is 0.487 e. The molecule has 0 aliphatic rings. The zero-order chi connectivity index (χ0) is 21.4. The molecule has 2 nitrogen and oxygen atoms in total. The first-order chi connectivity index (χ1) is 14.1. The van der Waals surface area contributed by atoms with Gasteiger partial charge in [-0.25, -0.2) is 0 Å². The molecule has 0 aromatic heterocycles. The van der Waals surface area contributed by atoms with Crippen LogP contribution < -0.4 is 4.74 Å². The summed E-state index contributed by atoms with van der Waals surface area (Å²) in [6.07, 6.45) is 16.3. The van der Waals surface area contributed by atoms with Crippen LogP contribution in [0.1, 0.15) is 117 Å². The van der Waals surface area contributed by atoms with Crippen LogP contribution in [-0.4, -0.2) is 18.3 Å². The highest BCUT2D eigenvalue weighted by Crippen LogP contribution is 2.29. The molecule has 1 rings (SSSR count). The van der Waals surface area contributed by atoms with Gasteiger partial charge in [0.1, 0.15) is 11.4 Å². The van der Waals surface area contributed by atoms with Crippen LogP contribution in [0, 0.1) is 0 Å². The number of rotatable bonds is 18. The van der Waals surface area contributed by atoms with Gasteiger partial charge in [0.2, 0.25) is 0 Å². The van der Waals surface area contributed by atoms with Crippen LogP contribution in [-0.2, 0) is 11.2 Å². The minimum atomic E-state index is -0.119. The van der Waals surface area contributed by atoms with Crippen molar-refractivity contribution in [3.05, 3.63) is 29.8 Å². The summed E-state index contributed by atoms with van der Waals surface area (Å²) in [4.78, 5) is 0. The molecule has 0 amide bonds. The zero-order valence-electron chi connectivity index (χ0n) is 20.1. The molecule has 0 heterocycles. The molecule has 168 valence electrons. The number of aryl methyl sites for hydroxylation is 1. The van der Waals surface area contributed by atoms with Crippen molar-refractivity contribution < 1.29 is 9.47 Å².